The van der Waals surface area contributed by atoms with Gasteiger partial charge >= 0.3 is 12.3 Å². The zero-order valence-electron chi connectivity index (χ0n) is 9.24. The fourth-order valence-electron chi connectivity index (χ4n) is 1.20. The first-order valence-corrected chi connectivity index (χ1v) is 4.79. The molecule has 0 atom stereocenters. The fraction of sp³-hybridized carbons (Fsp3) is 0.273. The first-order chi connectivity index (χ1) is 8.30. The van der Waals surface area contributed by atoms with Crippen LogP contribution in [0.15, 0.2) is 24.3 Å². The Labute approximate surface area is 100 Å². The van der Waals surface area contributed by atoms with Crippen LogP contribution in [0.4, 0.5) is 23.2 Å². The van der Waals surface area contributed by atoms with Crippen LogP contribution in [-0.4, -0.2) is 31.6 Å². The second-order valence-corrected chi connectivity index (χ2v) is 3.52. The van der Waals surface area contributed by atoms with Crippen molar-refractivity contribution in [1.29, 1.82) is 0 Å². The second-order valence-electron chi connectivity index (χ2n) is 3.52. The van der Waals surface area contributed by atoms with Crippen molar-refractivity contribution in [2.24, 2.45) is 0 Å². The van der Waals surface area contributed by atoms with E-state index < -0.39 is 23.7 Å². The molecular formula is C11H9F4NO2. The quantitative estimate of drug-likeness (QED) is 0.464. The number of carbonyl (C=O) groups excluding carboxylic acids is 2. The van der Waals surface area contributed by atoms with Crippen molar-refractivity contribution in [3.8, 4) is 0 Å². The van der Waals surface area contributed by atoms with Gasteiger partial charge in [-0.2, -0.15) is 8.78 Å². The van der Waals surface area contributed by atoms with Gasteiger partial charge in [-0.3, -0.25) is 9.59 Å². The molecule has 1 rings (SSSR count). The summed E-state index contributed by atoms with van der Waals surface area (Å²) >= 11 is 0. The Morgan fingerprint density at radius 3 is 2.17 bits per heavy atom. The molecule has 0 aliphatic carbocycles. The van der Waals surface area contributed by atoms with E-state index in [2.05, 4.69) is 0 Å². The maximum atomic E-state index is 12.8. The van der Waals surface area contributed by atoms with Crippen molar-refractivity contribution in [3.05, 3.63) is 29.8 Å². The smallest absolute Gasteiger partial charge is 0.318 e. The number of anilines is 1. The van der Waals surface area contributed by atoms with Crippen molar-refractivity contribution in [2.75, 3.05) is 11.9 Å². The Hall–Kier alpha value is -1.92. The van der Waals surface area contributed by atoms with Gasteiger partial charge in [-0.05, 0) is 24.3 Å². The fourth-order valence-corrected chi connectivity index (χ4v) is 1.20. The highest BCUT2D eigenvalue weighted by molar-refractivity contribution is 6.02. The monoisotopic (exact) mass is 263 g/mol. The van der Waals surface area contributed by atoms with Crippen LogP contribution in [0.1, 0.15) is 10.4 Å². The molecule has 0 saturated carbocycles. The van der Waals surface area contributed by atoms with Crippen LogP contribution < -0.4 is 4.90 Å². The Morgan fingerprint density at radius 2 is 1.78 bits per heavy atom. The Morgan fingerprint density at radius 1 is 1.28 bits per heavy atom. The van der Waals surface area contributed by atoms with E-state index in [1.165, 1.54) is 19.2 Å². The predicted octanol–water partition coefficient (Wildman–Crippen LogP) is 2.36. The summed E-state index contributed by atoms with van der Waals surface area (Å²) in [5, 5.41) is 0. The molecule has 0 saturated heterocycles. The lowest BCUT2D eigenvalue weighted by atomic mass is 10.1. The normalized spacial score (nSPS) is 11.4. The zero-order valence-corrected chi connectivity index (χ0v) is 9.24. The number of Topliss-reactive ketones (excluding diaryl/α,β-unsaturated/α-hetero) is 1. The minimum absolute atomic E-state index is 0.349. The molecule has 0 unspecified atom stereocenters. The summed E-state index contributed by atoms with van der Waals surface area (Å²) in [6.45, 7) is 0. The van der Waals surface area contributed by atoms with Crippen molar-refractivity contribution in [1.82, 2.24) is 0 Å². The highest BCUT2D eigenvalue weighted by Crippen LogP contribution is 2.28. The van der Waals surface area contributed by atoms with Gasteiger partial charge in [-0.15, -0.1) is 0 Å². The Bertz CT molecular complexity index is 445. The number of ketones is 1. The Balaban J connectivity index is 2.99. The maximum absolute atomic E-state index is 12.8. The minimum Gasteiger partial charge on any atom is -0.318 e. The predicted molar refractivity (Wildman–Crippen MR) is 56.2 cm³/mol. The summed E-state index contributed by atoms with van der Waals surface area (Å²) in [6.07, 6.45) is -3.58. The van der Waals surface area contributed by atoms with Crippen molar-refractivity contribution in [3.63, 3.8) is 0 Å². The molecular weight excluding hydrogens is 254 g/mol. The molecule has 0 heterocycles. The lowest BCUT2D eigenvalue weighted by molar-refractivity contribution is -0.107. The van der Waals surface area contributed by atoms with Crippen LogP contribution >= 0.6 is 0 Å². The topological polar surface area (TPSA) is 37.4 Å². The number of amides is 1. The van der Waals surface area contributed by atoms with Gasteiger partial charge in [0, 0.05) is 18.3 Å². The standard InChI is InChI=1S/C11H9F4NO2/c1-16(6-17)8-4-2-7(3-5-8)9(18)11(14,15)10(12)13/h2-6,10H,1H3. The van der Waals surface area contributed by atoms with Crippen molar-refractivity contribution < 1.29 is 27.2 Å². The number of carbonyl (C=O) groups is 2. The third kappa shape index (κ3) is 2.66. The van der Waals surface area contributed by atoms with E-state index >= 15 is 0 Å². The van der Waals surface area contributed by atoms with Crippen molar-refractivity contribution >= 4 is 17.9 Å². The van der Waals surface area contributed by atoms with E-state index in [0.717, 1.165) is 17.0 Å². The summed E-state index contributed by atoms with van der Waals surface area (Å²) in [5.41, 5.74) is -0.190. The van der Waals surface area contributed by atoms with Crippen molar-refractivity contribution in [2.45, 2.75) is 12.3 Å². The number of hydrogen-bond acceptors (Lipinski definition) is 2. The van der Waals surface area contributed by atoms with Gasteiger partial charge in [0.05, 0.1) is 0 Å². The van der Waals surface area contributed by atoms with E-state index in [1.807, 2.05) is 0 Å². The molecule has 1 aromatic carbocycles. The summed E-state index contributed by atoms with van der Waals surface area (Å²) < 4.78 is 49.5. The number of halogens is 4. The summed E-state index contributed by atoms with van der Waals surface area (Å²) in [4.78, 5) is 22.7. The zero-order chi connectivity index (χ0) is 13.9. The Kier molecular flexibility index (Phi) is 4.05. The molecule has 0 N–H and O–H groups in total. The first kappa shape index (κ1) is 14.1. The average Bonchev–Trinajstić information content (AvgIpc) is 2.36. The third-order valence-corrected chi connectivity index (χ3v) is 2.27. The lowest BCUT2D eigenvalue weighted by Crippen LogP contribution is -2.36. The van der Waals surface area contributed by atoms with Gasteiger partial charge in [0.25, 0.3) is 0 Å². The second kappa shape index (κ2) is 5.16. The number of benzene rings is 1. The first-order valence-electron chi connectivity index (χ1n) is 4.79. The molecule has 1 aromatic rings. The number of hydrogen-bond donors (Lipinski definition) is 0. The lowest BCUT2D eigenvalue weighted by Gasteiger charge is -2.15. The SMILES string of the molecule is CN(C=O)c1ccc(C(=O)C(F)(F)C(F)F)cc1. The van der Waals surface area contributed by atoms with Gasteiger partial charge in [0.2, 0.25) is 12.2 Å². The van der Waals surface area contributed by atoms with Gasteiger partial charge in [-0.1, -0.05) is 0 Å². The van der Waals surface area contributed by atoms with Gasteiger partial charge in [0.15, 0.2) is 0 Å². The molecule has 0 bridgehead atoms. The van der Waals surface area contributed by atoms with Gasteiger partial charge in [-0.25, -0.2) is 8.78 Å². The number of rotatable bonds is 5. The van der Waals surface area contributed by atoms with E-state index in [9.17, 15) is 27.2 Å². The highest BCUT2D eigenvalue weighted by atomic mass is 19.3. The molecule has 3 nitrogen and oxygen atoms in total. The molecule has 98 valence electrons. The maximum Gasteiger partial charge on any atom is 0.368 e. The molecule has 1 amide bonds. The molecule has 0 fully saturated rings. The van der Waals surface area contributed by atoms with Crippen LogP contribution in [0.2, 0.25) is 0 Å². The van der Waals surface area contributed by atoms with E-state index in [0.29, 0.717) is 12.1 Å². The molecule has 0 aliphatic rings. The molecule has 0 radical (unpaired) electrons. The summed E-state index contributed by atoms with van der Waals surface area (Å²) in [6, 6.07) is 4.36. The molecule has 7 heteroatoms. The van der Waals surface area contributed by atoms with Crippen LogP contribution in [0.3, 0.4) is 0 Å². The molecule has 0 spiro atoms. The molecule has 18 heavy (non-hydrogen) atoms. The number of alkyl halides is 4. The average molecular weight is 263 g/mol. The van der Waals surface area contributed by atoms with E-state index in [1.54, 1.807) is 0 Å². The summed E-state index contributed by atoms with van der Waals surface area (Å²) in [7, 11) is 1.41. The third-order valence-electron chi connectivity index (χ3n) is 2.27. The van der Waals surface area contributed by atoms with Crippen LogP contribution in [0.25, 0.3) is 0 Å². The molecule has 0 aliphatic heterocycles. The summed E-state index contributed by atoms with van der Waals surface area (Å²) in [5.74, 6) is -6.66. The van der Waals surface area contributed by atoms with Crippen LogP contribution in [0, 0.1) is 0 Å². The van der Waals surface area contributed by atoms with Gasteiger partial charge in [0.1, 0.15) is 0 Å². The largest absolute Gasteiger partial charge is 0.368 e. The minimum atomic E-state index is -4.71. The number of nitrogens with zero attached hydrogens (tertiary/aromatic N) is 1. The van der Waals surface area contributed by atoms with E-state index in [4.69, 9.17) is 0 Å². The van der Waals surface area contributed by atoms with E-state index in [-0.39, 0.29) is 0 Å². The van der Waals surface area contributed by atoms with Crippen LogP contribution in [0.5, 0.6) is 0 Å². The van der Waals surface area contributed by atoms with Crippen LogP contribution in [-0.2, 0) is 4.79 Å². The highest BCUT2D eigenvalue weighted by Gasteiger charge is 2.48. The van der Waals surface area contributed by atoms with Gasteiger partial charge < -0.3 is 4.90 Å². The molecule has 0 aromatic heterocycles.